The Morgan fingerprint density at radius 2 is 1.65 bits per heavy atom. The highest BCUT2D eigenvalue weighted by Gasteiger charge is 1.99. The minimum Gasteiger partial charge on any atom is -0.384 e. The number of hydrogen-bond donors (Lipinski definition) is 1. The lowest BCUT2D eigenvalue weighted by Crippen LogP contribution is -2.27. The molecule has 0 unspecified atom stereocenters. The Kier molecular flexibility index (Phi) is 5.90. The van der Waals surface area contributed by atoms with Gasteiger partial charge in [0.15, 0.2) is 0 Å². The van der Waals surface area contributed by atoms with Crippen molar-refractivity contribution in [2.75, 3.05) is 32.0 Å². The Bertz CT molecular complexity index is 496. The third-order valence-electron chi connectivity index (χ3n) is 3.29. The highest BCUT2D eigenvalue weighted by Crippen LogP contribution is 2.12. The summed E-state index contributed by atoms with van der Waals surface area (Å²) < 4.78 is 0. The Morgan fingerprint density at radius 1 is 0.950 bits per heavy atom. The molecule has 0 heterocycles. The van der Waals surface area contributed by atoms with Gasteiger partial charge in [-0.1, -0.05) is 41.9 Å². The van der Waals surface area contributed by atoms with Crippen LogP contribution in [0.15, 0.2) is 54.6 Å². The second-order valence-corrected chi connectivity index (χ2v) is 5.41. The molecular weight excluding hydrogens is 268 g/mol. The second-order valence-electron chi connectivity index (χ2n) is 4.97. The molecular formula is C17H21ClN2. The summed E-state index contributed by atoms with van der Waals surface area (Å²) in [6.45, 7) is 3.04. The number of hydrogen-bond acceptors (Lipinski definition) is 2. The molecule has 0 saturated heterocycles. The zero-order valence-electron chi connectivity index (χ0n) is 11.8. The van der Waals surface area contributed by atoms with E-state index >= 15 is 0 Å². The van der Waals surface area contributed by atoms with Crippen LogP contribution in [0.25, 0.3) is 0 Å². The average molecular weight is 289 g/mol. The van der Waals surface area contributed by atoms with Gasteiger partial charge in [-0.3, -0.25) is 0 Å². The Labute approximate surface area is 126 Å². The van der Waals surface area contributed by atoms with Crippen LogP contribution < -0.4 is 5.32 Å². The number of rotatable bonds is 7. The summed E-state index contributed by atoms with van der Waals surface area (Å²) in [5.41, 5.74) is 2.51. The lowest BCUT2D eigenvalue weighted by atomic mass is 10.1. The summed E-state index contributed by atoms with van der Waals surface area (Å²) in [4.78, 5) is 2.34. The van der Waals surface area contributed by atoms with Crippen LogP contribution in [0, 0.1) is 0 Å². The van der Waals surface area contributed by atoms with E-state index < -0.39 is 0 Å². The van der Waals surface area contributed by atoms with Crippen LogP contribution in [0.4, 0.5) is 5.69 Å². The minimum absolute atomic E-state index is 0.774. The van der Waals surface area contributed by atoms with Gasteiger partial charge >= 0.3 is 0 Å². The molecule has 0 aliphatic heterocycles. The van der Waals surface area contributed by atoms with E-state index in [1.54, 1.807) is 0 Å². The van der Waals surface area contributed by atoms with E-state index in [0.29, 0.717) is 0 Å². The fourth-order valence-corrected chi connectivity index (χ4v) is 2.16. The lowest BCUT2D eigenvalue weighted by Gasteiger charge is -2.17. The molecule has 0 fully saturated rings. The van der Waals surface area contributed by atoms with Crippen molar-refractivity contribution in [2.24, 2.45) is 0 Å². The topological polar surface area (TPSA) is 15.3 Å². The van der Waals surface area contributed by atoms with Gasteiger partial charge in [0.25, 0.3) is 0 Å². The first-order valence-corrected chi connectivity index (χ1v) is 7.34. The van der Waals surface area contributed by atoms with Gasteiger partial charge in [0.05, 0.1) is 0 Å². The predicted molar refractivity (Wildman–Crippen MR) is 87.6 cm³/mol. The summed E-state index contributed by atoms with van der Waals surface area (Å²) in [6.07, 6.45) is 1.10. The van der Waals surface area contributed by atoms with E-state index in [-0.39, 0.29) is 0 Å². The number of halogens is 1. The average Bonchev–Trinajstić information content (AvgIpc) is 2.48. The molecule has 0 radical (unpaired) electrons. The Hall–Kier alpha value is -1.51. The van der Waals surface area contributed by atoms with E-state index in [4.69, 9.17) is 11.6 Å². The molecule has 0 atom stereocenters. The van der Waals surface area contributed by atoms with Gasteiger partial charge in [-0.25, -0.2) is 0 Å². The van der Waals surface area contributed by atoms with Crippen LogP contribution in [0.3, 0.4) is 0 Å². The molecule has 0 aliphatic carbocycles. The van der Waals surface area contributed by atoms with Gasteiger partial charge in [0, 0.05) is 30.3 Å². The summed E-state index contributed by atoms with van der Waals surface area (Å²) >= 11 is 5.86. The molecule has 2 rings (SSSR count). The molecule has 20 heavy (non-hydrogen) atoms. The first-order chi connectivity index (χ1) is 9.74. The molecule has 106 valence electrons. The fourth-order valence-electron chi connectivity index (χ4n) is 2.04. The van der Waals surface area contributed by atoms with Crippen molar-refractivity contribution < 1.29 is 0 Å². The number of likely N-dealkylation sites (N-methyl/N-ethyl adjacent to an activating group) is 1. The number of benzene rings is 2. The van der Waals surface area contributed by atoms with Crippen LogP contribution in [0.5, 0.6) is 0 Å². The zero-order valence-corrected chi connectivity index (χ0v) is 12.6. The maximum Gasteiger partial charge on any atom is 0.0407 e. The summed E-state index contributed by atoms with van der Waals surface area (Å²) in [5, 5.41) is 4.17. The van der Waals surface area contributed by atoms with Crippen LogP contribution >= 0.6 is 11.6 Å². The van der Waals surface area contributed by atoms with Gasteiger partial charge < -0.3 is 10.2 Å². The molecule has 0 spiro atoms. The number of nitrogens with one attached hydrogen (secondary N) is 1. The van der Waals surface area contributed by atoms with E-state index in [2.05, 4.69) is 47.6 Å². The van der Waals surface area contributed by atoms with Crippen molar-refractivity contribution in [3.05, 3.63) is 65.2 Å². The number of nitrogens with zero attached hydrogens (tertiary/aromatic N) is 1. The Balaban J connectivity index is 1.65. The first kappa shape index (κ1) is 14.9. The first-order valence-electron chi connectivity index (χ1n) is 6.96. The van der Waals surface area contributed by atoms with Gasteiger partial charge in [-0.15, -0.1) is 0 Å². The SMILES string of the molecule is CN(CCNc1ccc(Cl)cc1)CCc1ccccc1. The summed E-state index contributed by atoms with van der Waals surface area (Å²) in [7, 11) is 2.16. The fraction of sp³-hybridized carbons (Fsp3) is 0.294. The van der Waals surface area contributed by atoms with Gasteiger partial charge in [-0.2, -0.15) is 0 Å². The maximum atomic E-state index is 5.86. The van der Waals surface area contributed by atoms with E-state index in [0.717, 1.165) is 36.8 Å². The van der Waals surface area contributed by atoms with Gasteiger partial charge in [0.2, 0.25) is 0 Å². The highest BCUT2D eigenvalue weighted by atomic mass is 35.5. The van der Waals surface area contributed by atoms with Crippen molar-refractivity contribution in [3.63, 3.8) is 0 Å². The van der Waals surface area contributed by atoms with Crippen molar-refractivity contribution in [3.8, 4) is 0 Å². The van der Waals surface area contributed by atoms with E-state index in [1.807, 2.05) is 24.3 Å². The number of anilines is 1. The Morgan fingerprint density at radius 3 is 2.35 bits per heavy atom. The monoisotopic (exact) mass is 288 g/mol. The molecule has 0 saturated carbocycles. The molecule has 1 N–H and O–H groups in total. The summed E-state index contributed by atoms with van der Waals surface area (Å²) in [5.74, 6) is 0. The molecule has 0 bridgehead atoms. The van der Waals surface area contributed by atoms with Crippen LogP contribution in [-0.2, 0) is 6.42 Å². The third kappa shape index (κ3) is 5.24. The molecule has 2 aromatic rings. The molecule has 0 aromatic heterocycles. The van der Waals surface area contributed by atoms with Crippen molar-refractivity contribution >= 4 is 17.3 Å². The predicted octanol–water partition coefficient (Wildman–Crippen LogP) is 3.93. The normalized spacial score (nSPS) is 10.8. The van der Waals surface area contributed by atoms with Crippen molar-refractivity contribution in [1.29, 1.82) is 0 Å². The second kappa shape index (κ2) is 7.93. The quantitative estimate of drug-likeness (QED) is 0.830. The van der Waals surface area contributed by atoms with Gasteiger partial charge in [-0.05, 0) is 43.3 Å². The minimum atomic E-state index is 0.774. The van der Waals surface area contributed by atoms with E-state index in [1.165, 1.54) is 5.56 Å². The molecule has 0 aliphatic rings. The molecule has 3 heteroatoms. The van der Waals surface area contributed by atoms with Crippen molar-refractivity contribution in [1.82, 2.24) is 4.90 Å². The molecule has 2 nitrogen and oxygen atoms in total. The molecule has 2 aromatic carbocycles. The van der Waals surface area contributed by atoms with Crippen molar-refractivity contribution in [2.45, 2.75) is 6.42 Å². The lowest BCUT2D eigenvalue weighted by molar-refractivity contribution is 0.351. The van der Waals surface area contributed by atoms with Crippen LogP contribution in [0.2, 0.25) is 5.02 Å². The van der Waals surface area contributed by atoms with E-state index in [9.17, 15) is 0 Å². The largest absolute Gasteiger partial charge is 0.384 e. The highest BCUT2D eigenvalue weighted by molar-refractivity contribution is 6.30. The van der Waals surface area contributed by atoms with Gasteiger partial charge in [0.1, 0.15) is 0 Å². The maximum absolute atomic E-state index is 5.86. The van der Waals surface area contributed by atoms with Crippen LogP contribution in [-0.4, -0.2) is 31.6 Å². The smallest absolute Gasteiger partial charge is 0.0407 e. The zero-order chi connectivity index (χ0) is 14.2. The standard InChI is InChI=1S/C17H21ClN2/c1-20(13-11-15-5-3-2-4-6-15)14-12-19-17-9-7-16(18)8-10-17/h2-10,19H,11-14H2,1H3. The molecule has 0 amide bonds. The van der Waals surface area contributed by atoms with Crippen LogP contribution in [0.1, 0.15) is 5.56 Å². The summed E-state index contributed by atoms with van der Waals surface area (Å²) in [6, 6.07) is 18.4. The third-order valence-corrected chi connectivity index (χ3v) is 3.54.